The van der Waals surface area contributed by atoms with Gasteiger partial charge in [-0.25, -0.2) is 0 Å². The number of rotatable bonds is 1. The fraction of sp³-hybridized carbons (Fsp3) is 0.167. The van der Waals surface area contributed by atoms with Gasteiger partial charge in [0.2, 0.25) is 0 Å². The van der Waals surface area contributed by atoms with Crippen molar-refractivity contribution in [3.8, 4) is 11.3 Å². The average molecular weight is 171 g/mol. The van der Waals surface area contributed by atoms with E-state index in [1.807, 2.05) is 6.07 Å². The van der Waals surface area contributed by atoms with Crippen molar-refractivity contribution in [1.29, 1.82) is 0 Å². The normalized spacial score (nSPS) is 10.3. The maximum absolute atomic E-state index is 2.20. The van der Waals surface area contributed by atoms with Crippen molar-refractivity contribution in [3.63, 3.8) is 0 Å². The Morgan fingerprint density at radius 2 is 1.62 bits per heavy atom. The van der Waals surface area contributed by atoms with Crippen molar-refractivity contribution in [2.45, 2.75) is 6.92 Å². The van der Waals surface area contributed by atoms with Gasteiger partial charge in [-0.2, -0.15) is 0 Å². The van der Waals surface area contributed by atoms with Crippen LogP contribution in [-0.4, -0.2) is 4.57 Å². The smallest absolute Gasteiger partial charge is 0.0479 e. The van der Waals surface area contributed by atoms with Gasteiger partial charge in [0, 0.05) is 18.4 Å². The molecule has 1 heteroatoms. The van der Waals surface area contributed by atoms with Crippen molar-refractivity contribution < 1.29 is 0 Å². The Labute approximate surface area is 78.6 Å². The van der Waals surface area contributed by atoms with Gasteiger partial charge in [-0.05, 0) is 24.6 Å². The minimum atomic E-state index is 1.28. The Morgan fingerprint density at radius 3 is 2.15 bits per heavy atom. The van der Waals surface area contributed by atoms with E-state index in [1.54, 1.807) is 0 Å². The lowest BCUT2D eigenvalue weighted by Crippen LogP contribution is -1.92. The fourth-order valence-corrected chi connectivity index (χ4v) is 1.51. The summed E-state index contributed by atoms with van der Waals surface area (Å²) in [6.45, 7) is 2.12. The van der Waals surface area contributed by atoms with Crippen LogP contribution in [0.4, 0.5) is 0 Å². The van der Waals surface area contributed by atoms with Gasteiger partial charge in [0.25, 0.3) is 0 Å². The second kappa shape index (κ2) is 3.09. The zero-order chi connectivity index (χ0) is 9.26. The number of hydrogen-bond acceptors (Lipinski definition) is 0. The zero-order valence-electron chi connectivity index (χ0n) is 7.99. The maximum Gasteiger partial charge on any atom is 0.0479 e. The fourth-order valence-electron chi connectivity index (χ4n) is 1.51. The maximum atomic E-state index is 2.20. The lowest BCUT2D eigenvalue weighted by Gasteiger charge is -2.04. The van der Waals surface area contributed by atoms with Crippen molar-refractivity contribution in [2.75, 3.05) is 0 Å². The molecule has 1 aromatic heterocycles. The Hall–Kier alpha value is -1.50. The monoisotopic (exact) mass is 171 g/mol. The Morgan fingerprint density at radius 1 is 0.923 bits per heavy atom. The van der Waals surface area contributed by atoms with E-state index in [4.69, 9.17) is 0 Å². The molecule has 0 unspecified atom stereocenters. The number of hydrogen-bond donors (Lipinski definition) is 0. The minimum Gasteiger partial charge on any atom is -0.348 e. The summed E-state index contributed by atoms with van der Waals surface area (Å²) in [4.78, 5) is 0. The molecule has 0 fully saturated rings. The van der Waals surface area contributed by atoms with E-state index in [2.05, 4.69) is 54.9 Å². The van der Waals surface area contributed by atoms with Crippen LogP contribution in [0.2, 0.25) is 0 Å². The summed E-state index contributed by atoms with van der Waals surface area (Å²) >= 11 is 0. The topological polar surface area (TPSA) is 4.93 Å². The van der Waals surface area contributed by atoms with Crippen LogP contribution in [-0.2, 0) is 7.05 Å². The highest BCUT2D eigenvalue weighted by molar-refractivity contribution is 5.60. The lowest BCUT2D eigenvalue weighted by atomic mass is 10.2. The second-order valence-electron chi connectivity index (χ2n) is 3.28. The molecular formula is C12H13N. The molecule has 1 heterocycles. The van der Waals surface area contributed by atoms with Crippen LogP contribution < -0.4 is 0 Å². The van der Waals surface area contributed by atoms with Crippen LogP contribution in [0.1, 0.15) is 5.69 Å². The van der Waals surface area contributed by atoms with Crippen LogP contribution in [0.5, 0.6) is 0 Å². The molecule has 0 N–H and O–H groups in total. The quantitative estimate of drug-likeness (QED) is 0.621. The number of aromatic nitrogens is 1. The largest absolute Gasteiger partial charge is 0.348 e. The summed E-state index contributed by atoms with van der Waals surface area (Å²) in [5, 5.41) is 0. The predicted octanol–water partition coefficient (Wildman–Crippen LogP) is 3.00. The van der Waals surface area contributed by atoms with Gasteiger partial charge in [-0.1, -0.05) is 30.3 Å². The molecule has 0 atom stereocenters. The lowest BCUT2D eigenvalue weighted by molar-refractivity contribution is 0.891. The molecule has 0 radical (unpaired) electrons. The first-order valence-electron chi connectivity index (χ1n) is 4.47. The van der Waals surface area contributed by atoms with Crippen LogP contribution >= 0.6 is 0 Å². The van der Waals surface area contributed by atoms with Crippen LogP contribution in [0.15, 0.2) is 42.5 Å². The summed E-state index contributed by atoms with van der Waals surface area (Å²) in [6.07, 6.45) is 0. The van der Waals surface area contributed by atoms with E-state index >= 15 is 0 Å². The molecule has 1 nitrogen and oxygen atoms in total. The van der Waals surface area contributed by atoms with E-state index in [0.29, 0.717) is 0 Å². The molecule has 1 aromatic carbocycles. The van der Waals surface area contributed by atoms with Gasteiger partial charge in [-0.15, -0.1) is 0 Å². The third-order valence-corrected chi connectivity index (χ3v) is 2.44. The first-order valence-corrected chi connectivity index (χ1v) is 4.47. The third kappa shape index (κ3) is 1.37. The SMILES string of the molecule is Cc1ccc(-c2ccccc2)n1C. The third-order valence-electron chi connectivity index (χ3n) is 2.44. The van der Waals surface area contributed by atoms with Gasteiger partial charge in [-0.3, -0.25) is 0 Å². The summed E-state index contributed by atoms with van der Waals surface area (Å²) in [6, 6.07) is 14.7. The van der Waals surface area contributed by atoms with E-state index in [0.717, 1.165) is 0 Å². The molecule has 13 heavy (non-hydrogen) atoms. The van der Waals surface area contributed by atoms with E-state index in [-0.39, 0.29) is 0 Å². The first-order chi connectivity index (χ1) is 6.29. The summed E-state index contributed by atoms with van der Waals surface area (Å²) in [7, 11) is 2.09. The molecule has 0 aliphatic heterocycles. The predicted molar refractivity (Wildman–Crippen MR) is 55.6 cm³/mol. The minimum absolute atomic E-state index is 1.28. The molecule has 2 rings (SSSR count). The number of benzene rings is 1. The average Bonchev–Trinajstić information content (AvgIpc) is 2.49. The second-order valence-corrected chi connectivity index (χ2v) is 3.28. The molecule has 0 amide bonds. The van der Waals surface area contributed by atoms with Crippen molar-refractivity contribution in [3.05, 3.63) is 48.2 Å². The molecule has 0 spiro atoms. The molecule has 0 saturated heterocycles. The standard InChI is InChI=1S/C12H13N/c1-10-8-9-12(13(10)2)11-6-4-3-5-7-11/h3-9H,1-2H3. The van der Waals surface area contributed by atoms with Gasteiger partial charge in [0.1, 0.15) is 0 Å². The molecule has 0 bridgehead atoms. The van der Waals surface area contributed by atoms with Crippen molar-refractivity contribution >= 4 is 0 Å². The van der Waals surface area contributed by atoms with Crippen LogP contribution in [0, 0.1) is 6.92 Å². The zero-order valence-corrected chi connectivity index (χ0v) is 7.99. The van der Waals surface area contributed by atoms with Crippen molar-refractivity contribution in [1.82, 2.24) is 4.57 Å². The molecule has 66 valence electrons. The van der Waals surface area contributed by atoms with Crippen molar-refractivity contribution in [2.24, 2.45) is 7.05 Å². The summed E-state index contributed by atoms with van der Waals surface area (Å²) in [5.74, 6) is 0. The summed E-state index contributed by atoms with van der Waals surface area (Å²) in [5.41, 5.74) is 3.84. The van der Waals surface area contributed by atoms with E-state index in [9.17, 15) is 0 Å². The van der Waals surface area contributed by atoms with Crippen LogP contribution in [0.25, 0.3) is 11.3 Å². The number of aryl methyl sites for hydroxylation is 1. The molecule has 0 saturated carbocycles. The van der Waals surface area contributed by atoms with E-state index in [1.165, 1.54) is 17.0 Å². The summed E-state index contributed by atoms with van der Waals surface area (Å²) < 4.78 is 2.20. The van der Waals surface area contributed by atoms with Crippen LogP contribution in [0.3, 0.4) is 0 Å². The molecule has 0 aliphatic carbocycles. The molecule has 0 aliphatic rings. The van der Waals surface area contributed by atoms with Gasteiger partial charge in [0.15, 0.2) is 0 Å². The highest BCUT2D eigenvalue weighted by Gasteiger charge is 2.01. The highest BCUT2D eigenvalue weighted by atomic mass is 14.9. The Balaban J connectivity index is 2.53. The van der Waals surface area contributed by atoms with Gasteiger partial charge < -0.3 is 4.57 Å². The molecular weight excluding hydrogens is 158 g/mol. The first kappa shape index (κ1) is 8.11. The Bertz CT molecular complexity index is 398. The van der Waals surface area contributed by atoms with Gasteiger partial charge in [0.05, 0.1) is 0 Å². The van der Waals surface area contributed by atoms with Gasteiger partial charge >= 0.3 is 0 Å². The Kier molecular flexibility index (Phi) is 1.93. The van der Waals surface area contributed by atoms with E-state index < -0.39 is 0 Å². The number of nitrogens with zero attached hydrogens (tertiary/aromatic N) is 1. The molecule has 2 aromatic rings. The highest BCUT2D eigenvalue weighted by Crippen LogP contribution is 2.20.